The second kappa shape index (κ2) is 10.1. The van der Waals surface area contributed by atoms with Gasteiger partial charge in [0.2, 0.25) is 5.91 Å². The van der Waals surface area contributed by atoms with Crippen molar-refractivity contribution in [1.29, 1.82) is 0 Å². The SMILES string of the molecule is COc1ccc(C(Cc2ccccc2)NC(=O)C2CCC(CN)CC2)cc1Br. The van der Waals surface area contributed by atoms with Crippen LogP contribution in [0.5, 0.6) is 5.75 Å². The van der Waals surface area contributed by atoms with Gasteiger partial charge in [0.25, 0.3) is 0 Å². The Morgan fingerprint density at radius 3 is 2.50 bits per heavy atom. The van der Waals surface area contributed by atoms with Gasteiger partial charge in [0.05, 0.1) is 17.6 Å². The van der Waals surface area contributed by atoms with Crippen LogP contribution in [0.1, 0.15) is 42.9 Å². The average molecular weight is 445 g/mol. The van der Waals surface area contributed by atoms with Gasteiger partial charge >= 0.3 is 0 Å². The highest BCUT2D eigenvalue weighted by Crippen LogP contribution is 2.31. The molecule has 2 aromatic rings. The van der Waals surface area contributed by atoms with Gasteiger partial charge in [0, 0.05) is 5.92 Å². The van der Waals surface area contributed by atoms with E-state index in [1.807, 2.05) is 36.4 Å². The number of nitrogens with one attached hydrogen (secondary N) is 1. The van der Waals surface area contributed by atoms with E-state index in [2.05, 4.69) is 33.4 Å². The maximum absolute atomic E-state index is 13.0. The lowest BCUT2D eigenvalue weighted by molar-refractivity contribution is -0.127. The molecule has 1 atom stereocenters. The molecule has 1 saturated carbocycles. The van der Waals surface area contributed by atoms with E-state index in [-0.39, 0.29) is 17.9 Å². The van der Waals surface area contributed by atoms with Crippen molar-refractivity contribution in [2.24, 2.45) is 17.6 Å². The smallest absolute Gasteiger partial charge is 0.223 e. The first-order valence-corrected chi connectivity index (χ1v) is 10.8. The fraction of sp³-hybridized carbons (Fsp3) is 0.435. The molecule has 3 N–H and O–H groups in total. The van der Waals surface area contributed by atoms with Crippen molar-refractivity contribution < 1.29 is 9.53 Å². The molecule has 1 unspecified atom stereocenters. The number of hydrogen-bond acceptors (Lipinski definition) is 3. The van der Waals surface area contributed by atoms with Gasteiger partial charge in [-0.3, -0.25) is 4.79 Å². The summed E-state index contributed by atoms with van der Waals surface area (Å²) >= 11 is 3.57. The van der Waals surface area contributed by atoms with E-state index < -0.39 is 0 Å². The number of carbonyl (C=O) groups excluding carboxylic acids is 1. The fourth-order valence-electron chi connectivity index (χ4n) is 3.95. The third kappa shape index (κ3) is 5.36. The molecule has 4 nitrogen and oxygen atoms in total. The zero-order valence-electron chi connectivity index (χ0n) is 16.4. The van der Waals surface area contributed by atoms with Crippen molar-refractivity contribution in [2.45, 2.75) is 38.1 Å². The highest BCUT2D eigenvalue weighted by atomic mass is 79.9. The van der Waals surface area contributed by atoms with Crippen molar-refractivity contribution in [3.05, 3.63) is 64.1 Å². The highest BCUT2D eigenvalue weighted by molar-refractivity contribution is 9.10. The Labute approximate surface area is 176 Å². The molecule has 5 heteroatoms. The first-order valence-electron chi connectivity index (χ1n) is 9.98. The number of halogens is 1. The summed E-state index contributed by atoms with van der Waals surface area (Å²) in [4.78, 5) is 13.0. The summed E-state index contributed by atoms with van der Waals surface area (Å²) in [6.45, 7) is 0.727. The third-order valence-electron chi connectivity index (χ3n) is 5.73. The summed E-state index contributed by atoms with van der Waals surface area (Å²) in [6, 6.07) is 16.2. The largest absolute Gasteiger partial charge is 0.496 e. The predicted octanol–water partition coefficient (Wildman–Crippen LogP) is 4.62. The molecule has 0 spiro atoms. The number of hydrogen-bond donors (Lipinski definition) is 2. The van der Waals surface area contributed by atoms with E-state index in [1.54, 1.807) is 7.11 Å². The Kier molecular flexibility index (Phi) is 7.51. The first kappa shape index (κ1) is 20.9. The van der Waals surface area contributed by atoms with Crippen molar-refractivity contribution in [1.82, 2.24) is 5.32 Å². The number of nitrogens with two attached hydrogens (primary N) is 1. The Bertz CT molecular complexity index is 773. The van der Waals surface area contributed by atoms with Gasteiger partial charge < -0.3 is 15.8 Å². The number of rotatable bonds is 7. The Hall–Kier alpha value is -1.85. The van der Waals surface area contributed by atoms with Crippen LogP contribution in [0, 0.1) is 11.8 Å². The van der Waals surface area contributed by atoms with Crippen molar-refractivity contribution in [3.63, 3.8) is 0 Å². The number of methoxy groups -OCH3 is 1. The monoisotopic (exact) mass is 444 g/mol. The Balaban J connectivity index is 1.76. The maximum atomic E-state index is 13.0. The van der Waals surface area contributed by atoms with E-state index in [1.165, 1.54) is 5.56 Å². The van der Waals surface area contributed by atoms with Crippen molar-refractivity contribution in [2.75, 3.05) is 13.7 Å². The van der Waals surface area contributed by atoms with Crippen LogP contribution in [0.2, 0.25) is 0 Å². The molecule has 1 aliphatic rings. The molecule has 2 aromatic carbocycles. The standard InChI is InChI=1S/C23H29BrN2O2/c1-28-22-12-11-19(14-20(22)24)21(13-16-5-3-2-4-6-16)26-23(27)18-9-7-17(15-25)8-10-18/h2-6,11-12,14,17-18,21H,7-10,13,15,25H2,1H3,(H,26,27). The minimum atomic E-state index is -0.0793. The van der Waals surface area contributed by atoms with Crippen LogP contribution in [0.3, 0.4) is 0 Å². The maximum Gasteiger partial charge on any atom is 0.223 e. The summed E-state index contributed by atoms with van der Waals surface area (Å²) in [7, 11) is 1.65. The molecule has 0 aromatic heterocycles. The minimum Gasteiger partial charge on any atom is -0.496 e. The Morgan fingerprint density at radius 1 is 1.18 bits per heavy atom. The van der Waals surface area contributed by atoms with Crippen LogP contribution in [-0.4, -0.2) is 19.6 Å². The van der Waals surface area contributed by atoms with Crippen LogP contribution in [0.4, 0.5) is 0 Å². The lowest BCUT2D eigenvalue weighted by atomic mass is 9.81. The van der Waals surface area contributed by atoms with Crippen molar-refractivity contribution >= 4 is 21.8 Å². The molecule has 1 fully saturated rings. The summed E-state index contributed by atoms with van der Waals surface area (Å²) in [5.41, 5.74) is 8.06. The fourth-order valence-corrected chi connectivity index (χ4v) is 4.51. The summed E-state index contributed by atoms with van der Waals surface area (Å²) in [5.74, 6) is 1.60. The van der Waals surface area contributed by atoms with Gasteiger partial charge in [0.1, 0.15) is 5.75 Å². The van der Waals surface area contributed by atoms with E-state index in [4.69, 9.17) is 10.5 Å². The molecule has 150 valence electrons. The number of amides is 1. The van der Waals surface area contributed by atoms with E-state index >= 15 is 0 Å². The van der Waals surface area contributed by atoms with E-state index in [9.17, 15) is 4.79 Å². The topological polar surface area (TPSA) is 64.3 Å². The molecular weight excluding hydrogens is 416 g/mol. The van der Waals surface area contributed by atoms with Gasteiger partial charge in [-0.15, -0.1) is 0 Å². The van der Waals surface area contributed by atoms with Gasteiger partial charge in [-0.1, -0.05) is 36.4 Å². The summed E-state index contributed by atoms with van der Waals surface area (Å²) in [5, 5.41) is 3.32. The van der Waals surface area contributed by atoms with Gasteiger partial charge in [-0.05, 0) is 83.8 Å². The molecular formula is C23H29BrN2O2. The number of ether oxygens (including phenoxy) is 1. The zero-order chi connectivity index (χ0) is 19.9. The quantitative estimate of drug-likeness (QED) is 0.654. The lowest BCUT2D eigenvalue weighted by Gasteiger charge is -2.29. The minimum absolute atomic E-state index is 0.0793. The molecule has 3 rings (SSSR count). The third-order valence-corrected chi connectivity index (χ3v) is 6.35. The van der Waals surface area contributed by atoms with Crippen LogP contribution in [0.15, 0.2) is 53.0 Å². The van der Waals surface area contributed by atoms with Gasteiger partial charge in [-0.2, -0.15) is 0 Å². The molecule has 0 radical (unpaired) electrons. The van der Waals surface area contributed by atoms with Crippen LogP contribution >= 0.6 is 15.9 Å². The second-order valence-electron chi connectivity index (χ2n) is 7.60. The first-order chi connectivity index (χ1) is 13.6. The predicted molar refractivity (Wildman–Crippen MR) is 116 cm³/mol. The van der Waals surface area contributed by atoms with Crippen LogP contribution < -0.4 is 15.8 Å². The zero-order valence-corrected chi connectivity index (χ0v) is 18.0. The molecule has 28 heavy (non-hydrogen) atoms. The van der Waals surface area contributed by atoms with Crippen LogP contribution in [-0.2, 0) is 11.2 Å². The lowest BCUT2D eigenvalue weighted by Crippen LogP contribution is -2.37. The molecule has 1 amide bonds. The molecule has 1 aliphatic carbocycles. The summed E-state index contributed by atoms with van der Waals surface area (Å²) < 4.78 is 6.24. The van der Waals surface area contributed by atoms with Gasteiger partial charge in [0.15, 0.2) is 0 Å². The molecule has 0 saturated heterocycles. The molecule has 0 bridgehead atoms. The second-order valence-corrected chi connectivity index (χ2v) is 8.45. The highest BCUT2D eigenvalue weighted by Gasteiger charge is 2.27. The summed E-state index contributed by atoms with van der Waals surface area (Å²) in [6.07, 6.45) is 4.71. The average Bonchev–Trinajstić information content (AvgIpc) is 2.74. The molecule has 0 heterocycles. The normalized spacial score (nSPS) is 20.4. The Morgan fingerprint density at radius 2 is 1.89 bits per heavy atom. The van der Waals surface area contributed by atoms with E-state index in [0.717, 1.165) is 54.4 Å². The van der Waals surface area contributed by atoms with Crippen LogP contribution in [0.25, 0.3) is 0 Å². The number of benzene rings is 2. The van der Waals surface area contributed by atoms with Crippen molar-refractivity contribution in [3.8, 4) is 5.75 Å². The number of carbonyl (C=O) groups is 1. The van der Waals surface area contributed by atoms with E-state index in [0.29, 0.717) is 5.92 Å². The molecule has 0 aliphatic heterocycles. The van der Waals surface area contributed by atoms with Gasteiger partial charge in [-0.25, -0.2) is 0 Å².